The zero-order valence-electron chi connectivity index (χ0n) is 14.4. The van der Waals surface area contributed by atoms with Crippen molar-refractivity contribution in [2.45, 2.75) is 64.3 Å². The van der Waals surface area contributed by atoms with Crippen molar-refractivity contribution in [2.75, 3.05) is 6.54 Å². The van der Waals surface area contributed by atoms with Crippen LogP contribution in [0.3, 0.4) is 0 Å². The van der Waals surface area contributed by atoms with Gasteiger partial charge in [0.05, 0.1) is 30.8 Å². The van der Waals surface area contributed by atoms with Crippen LogP contribution >= 0.6 is 0 Å². The Kier molecular flexibility index (Phi) is 7.87. The van der Waals surface area contributed by atoms with Gasteiger partial charge in [0, 0.05) is 18.9 Å². The van der Waals surface area contributed by atoms with Gasteiger partial charge in [-0.25, -0.2) is 4.79 Å². The van der Waals surface area contributed by atoms with Gasteiger partial charge >= 0.3 is 5.97 Å². The number of amides is 2. The molecule has 1 aliphatic rings. The van der Waals surface area contributed by atoms with Crippen LogP contribution in [0, 0.1) is 0 Å². The Bertz CT molecular complexity index is 502. The van der Waals surface area contributed by atoms with E-state index in [4.69, 9.17) is 10.5 Å². The summed E-state index contributed by atoms with van der Waals surface area (Å²) in [7, 11) is 0. The normalized spacial score (nSPS) is 23.5. The average molecular weight is 341 g/mol. The van der Waals surface area contributed by atoms with Gasteiger partial charge in [0.1, 0.15) is 0 Å². The van der Waals surface area contributed by atoms with Crippen LogP contribution in [-0.2, 0) is 19.1 Å². The summed E-state index contributed by atoms with van der Waals surface area (Å²) < 4.78 is 5.99. The number of nitrogens with one attached hydrogen (secondary N) is 2. The third-order valence-electron chi connectivity index (χ3n) is 4.03. The van der Waals surface area contributed by atoms with Crippen molar-refractivity contribution in [3.05, 3.63) is 11.6 Å². The van der Waals surface area contributed by atoms with Crippen LogP contribution in [0.25, 0.3) is 0 Å². The minimum Gasteiger partial charge on any atom is -0.478 e. The van der Waals surface area contributed by atoms with Gasteiger partial charge in [-0.2, -0.15) is 0 Å². The molecular formula is C16H27N3O5. The molecule has 0 aliphatic heterocycles. The van der Waals surface area contributed by atoms with Gasteiger partial charge in [-0.3, -0.25) is 9.59 Å². The van der Waals surface area contributed by atoms with Crippen molar-refractivity contribution in [2.24, 2.45) is 5.73 Å². The molecule has 5 N–H and O–H groups in total. The monoisotopic (exact) mass is 341 g/mol. The zero-order chi connectivity index (χ0) is 18.3. The Morgan fingerprint density at radius 1 is 1.33 bits per heavy atom. The van der Waals surface area contributed by atoms with Crippen molar-refractivity contribution in [1.29, 1.82) is 0 Å². The third kappa shape index (κ3) is 5.61. The predicted octanol–water partition coefficient (Wildman–Crippen LogP) is -0.0769. The van der Waals surface area contributed by atoms with Crippen molar-refractivity contribution < 1.29 is 24.2 Å². The van der Waals surface area contributed by atoms with E-state index in [0.29, 0.717) is 0 Å². The summed E-state index contributed by atoms with van der Waals surface area (Å²) in [5.41, 5.74) is 5.48. The lowest BCUT2D eigenvalue weighted by Gasteiger charge is -2.38. The molecule has 2 amide bonds. The lowest BCUT2D eigenvalue weighted by atomic mass is 9.87. The number of hydrogen-bond donors (Lipinski definition) is 4. The van der Waals surface area contributed by atoms with E-state index < -0.39 is 30.1 Å². The highest BCUT2D eigenvalue weighted by molar-refractivity contribution is 5.87. The molecule has 0 fully saturated rings. The van der Waals surface area contributed by atoms with Gasteiger partial charge in [0.25, 0.3) is 0 Å². The second-order valence-electron chi connectivity index (χ2n) is 5.84. The summed E-state index contributed by atoms with van der Waals surface area (Å²) in [6.45, 7) is 5.10. The molecule has 0 aromatic heterocycles. The number of carbonyl (C=O) groups is 3. The number of carbonyl (C=O) groups excluding carboxylic acids is 2. The average Bonchev–Trinajstić information content (AvgIpc) is 2.53. The van der Waals surface area contributed by atoms with Crippen LogP contribution in [0.4, 0.5) is 0 Å². The molecule has 0 bridgehead atoms. The van der Waals surface area contributed by atoms with Crippen molar-refractivity contribution in [3.63, 3.8) is 0 Å². The predicted molar refractivity (Wildman–Crippen MR) is 88.2 cm³/mol. The Morgan fingerprint density at radius 3 is 2.42 bits per heavy atom. The number of aliphatic carboxylic acids is 1. The number of carboxylic acids is 1. The topological polar surface area (TPSA) is 131 Å². The van der Waals surface area contributed by atoms with Crippen molar-refractivity contribution in [1.82, 2.24) is 10.6 Å². The maximum atomic E-state index is 11.7. The highest BCUT2D eigenvalue weighted by Gasteiger charge is 2.38. The Balaban J connectivity index is 3.13. The van der Waals surface area contributed by atoms with Crippen LogP contribution < -0.4 is 16.4 Å². The van der Waals surface area contributed by atoms with E-state index in [-0.39, 0.29) is 30.5 Å². The standard InChI is InChI=1S/C16H27N3O5/c1-4-11(5-2)24-13-7-10(16(22)23)6-12(19-14(21)8-17)15(13)18-9(3)20/h7,11-13,15H,4-6,8,17H2,1-3H3,(H,18,20)(H,19,21)(H,22,23)/t12-,13+,15+/m0/s1. The molecule has 0 unspecified atom stereocenters. The fourth-order valence-electron chi connectivity index (χ4n) is 2.77. The highest BCUT2D eigenvalue weighted by atomic mass is 16.5. The van der Waals surface area contributed by atoms with Crippen LogP contribution in [0.1, 0.15) is 40.0 Å². The Labute approximate surface area is 141 Å². The van der Waals surface area contributed by atoms with E-state index in [2.05, 4.69) is 10.6 Å². The number of rotatable bonds is 8. The van der Waals surface area contributed by atoms with E-state index in [0.717, 1.165) is 12.8 Å². The lowest BCUT2D eigenvalue weighted by molar-refractivity contribution is -0.133. The molecule has 3 atom stereocenters. The van der Waals surface area contributed by atoms with Gasteiger partial charge in [-0.05, 0) is 18.9 Å². The first kappa shape index (κ1) is 20.1. The van der Waals surface area contributed by atoms with E-state index in [1.54, 1.807) is 0 Å². The quantitative estimate of drug-likeness (QED) is 0.488. The fourth-order valence-corrected chi connectivity index (χ4v) is 2.77. The Morgan fingerprint density at radius 2 is 1.96 bits per heavy atom. The largest absolute Gasteiger partial charge is 0.478 e. The minimum atomic E-state index is -1.07. The summed E-state index contributed by atoms with van der Waals surface area (Å²) in [5.74, 6) is -1.76. The van der Waals surface area contributed by atoms with E-state index >= 15 is 0 Å². The number of carboxylic acid groups (broad SMARTS) is 1. The molecule has 8 nitrogen and oxygen atoms in total. The van der Waals surface area contributed by atoms with Gasteiger partial charge in [0.15, 0.2) is 0 Å². The smallest absolute Gasteiger partial charge is 0.331 e. The zero-order valence-corrected chi connectivity index (χ0v) is 14.4. The third-order valence-corrected chi connectivity index (χ3v) is 4.03. The number of ether oxygens (including phenoxy) is 1. The SMILES string of the molecule is CCC(CC)O[C@@H]1C=C(C(=O)O)C[C@H](NC(=O)CN)[C@H]1NC(C)=O. The summed E-state index contributed by atoms with van der Waals surface area (Å²) in [6, 6.07) is -1.15. The van der Waals surface area contributed by atoms with E-state index in [1.165, 1.54) is 13.0 Å². The molecule has 0 radical (unpaired) electrons. The van der Waals surface area contributed by atoms with Gasteiger partial charge in [-0.1, -0.05) is 13.8 Å². The second kappa shape index (κ2) is 9.39. The molecule has 0 aromatic carbocycles. The highest BCUT2D eigenvalue weighted by Crippen LogP contribution is 2.24. The van der Waals surface area contributed by atoms with Gasteiger partial charge in [-0.15, -0.1) is 0 Å². The minimum absolute atomic E-state index is 0.0680. The molecule has 136 valence electrons. The number of hydrogen-bond acceptors (Lipinski definition) is 5. The molecule has 24 heavy (non-hydrogen) atoms. The first-order valence-corrected chi connectivity index (χ1v) is 8.18. The summed E-state index contributed by atoms with van der Waals surface area (Å²) >= 11 is 0. The maximum Gasteiger partial charge on any atom is 0.331 e. The molecule has 0 saturated carbocycles. The van der Waals surface area contributed by atoms with Crippen molar-refractivity contribution in [3.8, 4) is 0 Å². The molecule has 1 rings (SSSR count). The van der Waals surface area contributed by atoms with Gasteiger partial charge < -0.3 is 26.2 Å². The molecule has 0 saturated heterocycles. The fraction of sp³-hybridized carbons (Fsp3) is 0.688. The molecule has 0 spiro atoms. The summed E-state index contributed by atoms with van der Waals surface area (Å²) in [4.78, 5) is 34.6. The first-order chi connectivity index (χ1) is 11.3. The number of nitrogens with two attached hydrogens (primary N) is 1. The van der Waals surface area contributed by atoms with E-state index in [9.17, 15) is 19.5 Å². The summed E-state index contributed by atoms with van der Waals surface area (Å²) in [6.07, 6.45) is 2.43. The molecule has 0 aromatic rings. The second-order valence-corrected chi connectivity index (χ2v) is 5.84. The molecule has 8 heteroatoms. The first-order valence-electron chi connectivity index (χ1n) is 8.18. The van der Waals surface area contributed by atoms with Crippen molar-refractivity contribution >= 4 is 17.8 Å². The van der Waals surface area contributed by atoms with Crippen LogP contribution in [0.5, 0.6) is 0 Å². The lowest BCUT2D eigenvalue weighted by Crippen LogP contribution is -2.60. The molecule has 0 heterocycles. The van der Waals surface area contributed by atoms with E-state index in [1.807, 2.05) is 13.8 Å². The summed E-state index contributed by atoms with van der Waals surface area (Å²) in [5, 5.41) is 14.8. The van der Waals surface area contributed by atoms with Crippen LogP contribution in [0.15, 0.2) is 11.6 Å². The van der Waals surface area contributed by atoms with Crippen LogP contribution in [0.2, 0.25) is 0 Å². The maximum absolute atomic E-state index is 11.7. The Hall–Kier alpha value is -1.93. The van der Waals surface area contributed by atoms with Crippen LogP contribution in [-0.4, -0.2) is 53.7 Å². The molecule has 1 aliphatic carbocycles. The van der Waals surface area contributed by atoms with Gasteiger partial charge in [0.2, 0.25) is 11.8 Å². The molecular weight excluding hydrogens is 314 g/mol.